The third kappa shape index (κ3) is 3.31. The molecule has 28 heavy (non-hydrogen) atoms. The maximum atomic E-state index is 13.6. The molecular formula is C20H21N3O3S2. The van der Waals surface area contributed by atoms with Crippen molar-refractivity contribution in [1.29, 1.82) is 0 Å². The van der Waals surface area contributed by atoms with Gasteiger partial charge in [0, 0.05) is 10.9 Å². The Morgan fingerprint density at radius 1 is 1.36 bits per heavy atom. The standard InChI is InChI=1S/C20H21N3O3S2/c1-11(17(21)24)27-20-22-18-16(14-8-3-4-9-15(14)28-18)19(25)23(20)12-6-5-7-13(10-12)26-2/h5-7,10-11H,3-4,8-9H2,1-2H3,(H2,21,24)/t11-/m0/s1. The van der Waals surface area contributed by atoms with Crippen LogP contribution in [0.1, 0.15) is 30.2 Å². The van der Waals surface area contributed by atoms with Gasteiger partial charge in [-0.3, -0.25) is 14.2 Å². The summed E-state index contributed by atoms with van der Waals surface area (Å²) < 4.78 is 6.90. The second kappa shape index (κ2) is 7.60. The number of aromatic nitrogens is 2. The van der Waals surface area contributed by atoms with E-state index < -0.39 is 11.2 Å². The largest absolute Gasteiger partial charge is 0.497 e. The summed E-state index contributed by atoms with van der Waals surface area (Å²) >= 11 is 2.80. The summed E-state index contributed by atoms with van der Waals surface area (Å²) in [5.41, 5.74) is 7.16. The molecule has 0 bridgehead atoms. The number of thioether (sulfide) groups is 1. The number of thiophene rings is 1. The van der Waals surface area contributed by atoms with Gasteiger partial charge in [-0.15, -0.1) is 11.3 Å². The van der Waals surface area contributed by atoms with Crippen LogP contribution in [0, 0.1) is 0 Å². The Kier molecular flexibility index (Phi) is 5.16. The summed E-state index contributed by atoms with van der Waals surface area (Å²) in [7, 11) is 1.59. The van der Waals surface area contributed by atoms with Crippen LogP contribution in [0.4, 0.5) is 0 Å². The molecule has 0 saturated carbocycles. The Hall–Kier alpha value is -2.32. The van der Waals surface area contributed by atoms with E-state index in [1.54, 1.807) is 36.0 Å². The Morgan fingerprint density at radius 2 is 2.14 bits per heavy atom. The third-order valence-electron chi connectivity index (χ3n) is 4.95. The number of carbonyl (C=O) groups excluding carboxylic acids is 1. The van der Waals surface area contributed by atoms with Crippen molar-refractivity contribution in [2.45, 2.75) is 43.0 Å². The first kappa shape index (κ1) is 19.0. The second-order valence-corrected chi connectivity index (χ2v) is 9.18. The molecule has 6 nitrogen and oxygen atoms in total. The van der Waals surface area contributed by atoms with Crippen molar-refractivity contribution >= 4 is 39.2 Å². The summed E-state index contributed by atoms with van der Waals surface area (Å²) in [6.07, 6.45) is 4.14. The minimum absolute atomic E-state index is 0.100. The Morgan fingerprint density at radius 3 is 2.89 bits per heavy atom. The average Bonchev–Trinajstić information content (AvgIpc) is 3.06. The number of rotatable bonds is 5. The molecule has 146 valence electrons. The van der Waals surface area contributed by atoms with E-state index in [0.717, 1.165) is 36.1 Å². The van der Waals surface area contributed by atoms with Gasteiger partial charge in [-0.2, -0.15) is 0 Å². The van der Waals surface area contributed by atoms with Crippen molar-refractivity contribution in [3.8, 4) is 11.4 Å². The highest BCUT2D eigenvalue weighted by Gasteiger charge is 2.24. The average molecular weight is 416 g/mol. The molecule has 1 aliphatic carbocycles. The summed E-state index contributed by atoms with van der Waals surface area (Å²) in [6, 6.07) is 7.30. The van der Waals surface area contributed by atoms with Gasteiger partial charge in [-0.25, -0.2) is 4.98 Å². The van der Waals surface area contributed by atoms with E-state index in [2.05, 4.69) is 0 Å². The number of benzene rings is 1. The van der Waals surface area contributed by atoms with E-state index >= 15 is 0 Å². The van der Waals surface area contributed by atoms with Gasteiger partial charge in [0.1, 0.15) is 10.6 Å². The first-order valence-electron chi connectivity index (χ1n) is 9.17. The SMILES string of the molecule is COc1cccc(-n2c(S[C@@H](C)C(N)=O)nc3sc4c(c3c2=O)CCCC4)c1. The van der Waals surface area contributed by atoms with Crippen LogP contribution in [0.3, 0.4) is 0 Å². The number of amides is 1. The van der Waals surface area contributed by atoms with E-state index in [9.17, 15) is 9.59 Å². The lowest BCUT2D eigenvalue weighted by Crippen LogP contribution is -2.26. The quantitative estimate of drug-likeness (QED) is 0.510. The molecule has 0 fully saturated rings. The van der Waals surface area contributed by atoms with Crippen LogP contribution in [0.5, 0.6) is 5.75 Å². The Balaban J connectivity index is 1.99. The first-order chi connectivity index (χ1) is 13.5. The van der Waals surface area contributed by atoms with Gasteiger partial charge in [0.05, 0.1) is 23.4 Å². The molecule has 0 unspecified atom stereocenters. The van der Waals surface area contributed by atoms with Gasteiger partial charge in [-0.05, 0) is 50.3 Å². The van der Waals surface area contributed by atoms with Crippen molar-refractivity contribution in [3.05, 3.63) is 45.1 Å². The number of fused-ring (bicyclic) bond motifs is 3. The third-order valence-corrected chi connectivity index (χ3v) is 7.21. The van der Waals surface area contributed by atoms with Crippen molar-refractivity contribution in [2.75, 3.05) is 7.11 Å². The molecular weight excluding hydrogens is 394 g/mol. The molecule has 3 aromatic rings. The van der Waals surface area contributed by atoms with E-state index in [-0.39, 0.29) is 5.56 Å². The van der Waals surface area contributed by atoms with Crippen molar-refractivity contribution in [2.24, 2.45) is 5.73 Å². The van der Waals surface area contributed by atoms with E-state index in [1.165, 1.54) is 16.6 Å². The summed E-state index contributed by atoms with van der Waals surface area (Å²) in [4.78, 5) is 32.0. The molecule has 1 aromatic carbocycles. The zero-order chi connectivity index (χ0) is 19.8. The number of ether oxygens (including phenoxy) is 1. The van der Waals surface area contributed by atoms with Crippen LogP contribution >= 0.6 is 23.1 Å². The highest BCUT2D eigenvalue weighted by atomic mass is 32.2. The molecule has 0 aliphatic heterocycles. The van der Waals surface area contributed by atoms with Crippen LogP contribution in [-0.4, -0.2) is 27.8 Å². The van der Waals surface area contributed by atoms with E-state index in [0.29, 0.717) is 22.0 Å². The highest BCUT2D eigenvalue weighted by Crippen LogP contribution is 2.36. The predicted octanol–water partition coefficient (Wildman–Crippen LogP) is 3.30. The maximum Gasteiger partial charge on any atom is 0.267 e. The summed E-state index contributed by atoms with van der Waals surface area (Å²) in [5, 5.41) is 0.671. The van der Waals surface area contributed by atoms with Gasteiger partial charge >= 0.3 is 0 Å². The zero-order valence-electron chi connectivity index (χ0n) is 15.7. The zero-order valence-corrected chi connectivity index (χ0v) is 17.4. The first-order valence-corrected chi connectivity index (χ1v) is 10.9. The number of aryl methyl sites for hydroxylation is 2. The van der Waals surface area contributed by atoms with Crippen molar-refractivity contribution in [1.82, 2.24) is 9.55 Å². The predicted molar refractivity (Wildman–Crippen MR) is 113 cm³/mol. The number of nitrogens with two attached hydrogens (primary N) is 1. The Labute approximate surface area is 170 Å². The lowest BCUT2D eigenvalue weighted by Gasteiger charge is -2.15. The number of primary amides is 1. The fourth-order valence-electron chi connectivity index (χ4n) is 3.46. The number of hydrogen-bond donors (Lipinski definition) is 1. The minimum Gasteiger partial charge on any atom is -0.497 e. The monoisotopic (exact) mass is 415 g/mol. The van der Waals surface area contributed by atoms with Gasteiger partial charge in [0.25, 0.3) is 5.56 Å². The van der Waals surface area contributed by atoms with Gasteiger partial charge in [-0.1, -0.05) is 17.8 Å². The molecule has 8 heteroatoms. The molecule has 1 aliphatic rings. The van der Waals surface area contributed by atoms with Crippen molar-refractivity contribution < 1.29 is 9.53 Å². The molecule has 1 amide bonds. The van der Waals surface area contributed by atoms with Crippen LogP contribution in [-0.2, 0) is 17.6 Å². The molecule has 2 aromatic heterocycles. The normalized spacial score (nSPS) is 14.6. The van der Waals surface area contributed by atoms with E-state index in [4.69, 9.17) is 15.5 Å². The van der Waals surface area contributed by atoms with Crippen LogP contribution < -0.4 is 16.0 Å². The molecule has 4 rings (SSSR count). The smallest absolute Gasteiger partial charge is 0.267 e. The fraction of sp³-hybridized carbons (Fsp3) is 0.350. The van der Waals surface area contributed by atoms with Crippen molar-refractivity contribution in [3.63, 3.8) is 0 Å². The number of hydrogen-bond acceptors (Lipinski definition) is 6. The van der Waals surface area contributed by atoms with Crippen LogP contribution in [0.25, 0.3) is 15.9 Å². The maximum absolute atomic E-state index is 13.6. The molecule has 0 saturated heterocycles. The second-order valence-electron chi connectivity index (χ2n) is 6.79. The molecule has 1 atom stereocenters. The van der Waals surface area contributed by atoms with E-state index in [1.807, 2.05) is 18.2 Å². The van der Waals surface area contributed by atoms with Gasteiger partial charge < -0.3 is 10.5 Å². The fourth-order valence-corrected chi connectivity index (χ4v) is 5.64. The van der Waals surface area contributed by atoms with Crippen LogP contribution in [0.2, 0.25) is 0 Å². The topological polar surface area (TPSA) is 87.2 Å². The summed E-state index contributed by atoms with van der Waals surface area (Å²) in [6.45, 7) is 1.72. The van der Waals surface area contributed by atoms with Gasteiger partial charge in [0.15, 0.2) is 5.16 Å². The van der Waals surface area contributed by atoms with Crippen LogP contribution in [0.15, 0.2) is 34.2 Å². The minimum atomic E-state index is -0.504. The molecule has 2 N–H and O–H groups in total. The highest BCUT2D eigenvalue weighted by molar-refractivity contribution is 8.00. The number of nitrogens with zero attached hydrogens (tertiary/aromatic N) is 2. The Bertz CT molecular complexity index is 1120. The molecule has 0 radical (unpaired) electrons. The summed E-state index contributed by atoms with van der Waals surface area (Å²) in [5.74, 6) is 0.206. The number of methoxy groups -OCH3 is 1. The molecule has 0 spiro atoms. The lowest BCUT2D eigenvalue weighted by molar-refractivity contribution is -0.117. The van der Waals surface area contributed by atoms with Gasteiger partial charge in [0.2, 0.25) is 5.91 Å². The molecule has 2 heterocycles. The number of carbonyl (C=O) groups is 1. The lowest BCUT2D eigenvalue weighted by atomic mass is 9.97.